The van der Waals surface area contributed by atoms with Crippen molar-refractivity contribution in [3.63, 3.8) is 0 Å². The lowest BCUT2D eigenvalue weighted by molar-refractivity contribution is -0.122. The third-order valence-electron chi connectivity index (χ3n) is 4.95. The first kappa shape index (κ1) is 17.7. The highest BCUT2D eigenvalue weighted by Crippen LogP contribution is 2.17. The molecule has 1 atom stereocenters. The van der Waals surface area contributed by atoms with Crippen LogP contribution in [0.1, 0.15) is 46.0 Å². The van der Waals surface area contributed by atoms with Crippen molar-refractivity contribution in [3.05, 3.63) is 0 Å². The Morgan fingerprint density at radius 2 is 2.00 bits per heavy atom. The van der Waals surface area contributed by atoms with E-state index in [0.29, 0.717) is 18.5 Å². The van der Waals surface area contributed by atoms with Crippen molar-refractivity contribution in [2.24, 2.45) is 0 Å². The molecule has 1 N–H and O–H groups in total. The zero-order valence-electron chi connectivity index (χ0n) is 14.4. The molecule has 0 unspecified atom stereocenters. The van der Waals surface area contributed by atoms with Crippen LogP contribution in [0.4, 0.5) is 0 Å². The Morgan fingerprint density at radius 1 is 1.23 bits per heavy atom. The fourth-order valence-electron chi connectivity index (χ4n) is 3.56. The van der Waals surface area contributed by atoms with Gasteiger partial charge in [0.25, 0.3) is 0 Å². The molecule has 22 heavy (non-hydrogen) atoms. The Morgan fingerprint density at radius 3 is 2.68 bits per heavy atom. The van der Waals surface area contributed by atoms with Gasteiger partial charge in [0, 0.05) is 57.8 Å². The molecule has 2 aliphatic rings. The van der Waals surface area contributed by atoms with Gasteiger partial charge < -0.3 is 15.0 Å². The molecule has 0 aromatic rings. The second-order valence-electron chi connectivity index (χ2n) is 6.68. The number of rotatable bonds is 8. The summed E-state index contributed by atoms with van der Waals surface area (Å²) in [4.78, 5) is 16.9. The van der Waals surface area contributed by atoms with E-state index in [1.54, 1.807) is 0 Å². The molecule has 1 aliphatic carbocycles. The van der Waals surface area contributed by atoms with Gasteiger partial charge >= 0.3 is 0 Å². The van der Waals surface area contributed by atoms with Gasteiger partial charge in [-0.05, 0) is 26.7 Å². The van der Waals surface area contributed by atoms with E-state index in [0.717, 1.165) is 45.9 Å². The van der Waals surface area contributed by atoms with Crippen LogP contribution < -0.4 is 5.32 Å². The third-order valence-corrected chi connectivity index (χ3v) is 4.95. The number of hydrogen-bond acceptors (Lipinski definition) is 4. The van der Waals surface area contributed by atoms with E-state index in [1.165, 1.54) is 25.7 Å². The summed E-state index contributed by atoms with van der Waals surface area (Å²) in [5, 5.41) is 3.18. The fraction of sp³-hybridized carbons (Fsp3) is 0.941. The first-order valence-corrected chi connectivity index (χ1v) is 9.02. The van der Waals surface area contributed by atoms with Crippen LogP contribution >= 0.6 is 0 Å². The van der Waals surface area contributed by atoms with Crippen molar-refractivity contribution in [1.82, 2.24) is 15.1 Å². The highest BCUT2D eigenvalue weighted by molar-refractivity contribution is 5.76. The van der Waals surface area contributed by atoms with Crippen LogP contribution in [-0.4, -0.2) is 73.7 Å². The number of piperazine rings is 1. The fourth-order valence-corrected chi connectivity index (χ4v) is 3.56. The molecule has 0 aromatic carbocycles. The van der Waals surface area contributed by atoms with Gasteiger partial charge in [0.15, 0.2) is 0 Å². The summed E-state index contributed by atoms with van der Waals surface area (Å²) in [5.74, 6) is 0.235. The number of hydrogen-bond donors (Lipinski definition) is 1. The zero-order chi connectivity index (χ0) is 15.8. The van der Waals surface area contributed by atoms with Gasteiger partial charge in [0.1, 0.15) is 0 Å². The number of ether oxygens (including phenoxy) is 1. The molecule has 5 nitrogen and oxygen atoms in total. The monoisotopic (exact) mass is 311 g/mol. The van der Waals surface area contributed by atoms with Crippen molar-refractivity contribution in [2.75, 3.05) is 45.9 Å². The number of nitrogens with zero attached hydrogens (tertiary/aromatic N) is 2. The molecule has 1 saturated carbocycles. The van der Waals surface area contributed by atoms with E-state index in [1.807, 2.05) is 6.92 Å². The minimum absolute atomic E-state index is 0.235. The number of amides is 1. The van der Waals surface area contributed by atoms with Gasteiger partial charge in [-0.3, -0.25) is 9.69 Å². The minimum atomic E-state index is 0.235. The van der Waals surface area contributed by atoms with Crippen molar-refractivity contribution < 1.29 is 9.53 Å². The summed E-state index contributed by atoms with van der Waals surface area (Å²) < 4.78 is 5.45. The Kier molecular flexibility index (Phi) is 7.63. The van der Waals surface area contributed by atoms with Crippen molar-refractivity contribution in [1.29, 1.82) is 0 Å². The smallest absolute Gasteiger partial charge is 0.221 e. The topological polar surface area (TPSA) is 44.8 Å². The maximum Gasteiger partial charge on any atom is 0.221 e. The van der Waals surface area contributed by atoms with Gasteiger partial charge in [0.05, 0.1) is 6.61 Å². The van der Waals surface area contributed by atoms with Crippen LogP contribution in [0.15, 0.2) is 0 Å². The van der Waals surface area contributed by atoms with Gasteiger partial charge in [-0.25, -0.2) is 0 Å². The second kappa shape index (κ2) is 9.48. The summed E-state index contributed by atoms with van der Waals surface area (Å²) >= 11 is 0. The molecule has 1 amide bonds. The van der Waals surface area contributed by atoms with Crippen LogP contribution in [0.25, 0.3) is 0 Å². The molecule has 1 aliphatic heterocycles. The van der Waals surface area contributed by atoms with E-state index >= 15 is 0 Å². The lowest BCUT2D eigenvalue weighted by Gasteiger charge is -2.39. The molecule has 0 bridgehead atoms. The minimum Gasteiger partial charge on any atom is -0.380 e. The molecule has 2 fully saturated rings. The van der Waals surface area contributed by atoms with Crippen LogP contribution in [0.2, 0.25) is 0 Å². The van der Waals surface area contributed by atoms with Crippen LogP contribution in [-0.2, 0) is 9.53 Å². The predicted molar refractivity (Wildman–Crippen MR) is 89.0 cm³/mol. The Hall–Kier alpha value is -0.650. The summed E-state index contributed by atoms with van der Waals surface area (Å²) in [6.45, 7) is 11.0. The average molecular weight is 311 g/mol. The standard InChI is InChI=1S/C17H33N3O2/c1-3-22-13-12-20-11-10-19(14-15(20)2)9-8-17(21)18-16-6-4-5-7-16/h15-16H,3-14H2,1-2H3,(H,18,21)/t15-/m1/s1. The van der Waals surface area contributed by atoms with Gasteiger partial charge in [-0.1, -0.05) is 12.8 Å². The van der Waals surface area contributed by atoms with Crippen LogP contribution in [0.5, 0.6) is 0 Å². The van der Waals surface area contributed by atoms with E-state index in [-0.39, 0.29) is 5.91 Å². The average Bonchev–Trinajstić information content (AvgIpc) is 3.00. The third kappa shape index (κ3) is 5.86. The molecule has 0 aromatic heterocycles. The quantitative estimate of drug-likeness (QED) is 0.690. The number of carbonyl (C=O) groups is 1. The highest BCUT2D eigenvalue weighted by Gasteiger charge is 2.24. The molecule has 128 valence electrons. The maximum atomic E-state index is 12.0. The lowest BCUT2D eigenvalue weighted by Crippen LogP contribution is -2.53. The molecular formula is C17H33N3O2. The SMILES string of the molecule is CCOCCN1CCN(CCC(=O)NC2CCCC2)C[C@H]1C. The summed E-state index contributed by atoms with van der Waals surface area (Å²) in [7, 11) is 0. The largest absolute Gasteiger partial charge is 0.380 e. The Labute approximate surface area is 135 Å². The van der Waals surface area contributed by atoms with Gasteiger partial charge in [0.2, 0.25) is 5.91 Å². The number of nitrogens with one attached hydrogen (secondary N) is 1. The first-order valence-electron chi connectivity index (χ1n) is 9.02. The summed E-state index contributed by atoms with van der Waals surface area (Å²) in [6, 6.07) is 0.994. The molecule has 0 radical (unpaired) electrons. The number of carbonyl (C=O) groups excluding carboxylic acids is 1. The van der Waals surface area contributed by atoms with Crippen molar-refractivity contribution in [3.8, 4) is 0 Å². The maximum absolute atomic E-state index is 12.0. The first-order chi connectivity index (χ1) is 10.7. The Bertz CT molecular complexity index is 332. The van der Waals surface area contributed by atoms with Crippen LogP contribution in [0, 0.1) is 0 Å². The normalized spacial score (nSPS) is 24.7. The van der Waals surface area contributed by atoms with Gasteiger partial charge in [-0.15, -0.1) is 0 Å². The molecule has 5 heteroatoms. The molecular weight excluding hydrogens is 278 g/mol. The van der Waals surface area contributed by atoms with Crippen LogP contribution in [0.3, 0.4) is 0 Å². The van der Waals surface area contributed by atoms with Gasteiger partial charge in [-0.2, -0.15) is 0 Å². The molecule has 2 rings (SSSR count). The molecule has 1 saturated heterocycles. The van der Waals surface area contributed by atoms with E-state index < -0.39 is 0 Å². The second-order valence-corrected chi connectivity index (χ2v) is 6.68. The summed E-state index contributed by atoms with van der Waals surface area (Å²) in [5.41, 5.74) is 0. The van der Waals surface area contributed by atoms with E-state index in [4.69, 9.17) is 4.74 Å². The molecule has 0 spiro atoms. The van der Waals surface area contributed by atoms with E-state index in [9.17, 15) is 4.79 Å². The lowest BCUT2D eigenvalue weighted by atomic mass is 10.1. The predicted octanol–water partition coefficient (Wildman–Crippen LogP) is 1.48. The highest BCUT2D eigenvalue weighted by atomic mass is 16.5. The Balaban J connectivity index is 1.60. The molecule has 1 heterocycles. The van der Waals surface area contributed by atoms with Crippen molar-refractivity contribution >= 4 is 5.91 Å². The summed E-state index contributed by atoms with van der Waals surface area (Å²) in [6.07, 6.45) is 5.52. The zero-order valence-corrected chi connectivity index (χ0v) is 14.4. The van der Waals surface area contributed by atoms with Crippen molar-refractivity contribution in [2.45, 2.75) is 58.0 Å². The van der Waals surface area contributed by atoms with E-state index in [2.05, 4.69) is 22.0 Å².